The molecule has 0 saturated carbocycles. The smallest absolute Gasteiger partial charge is 0.317 e. The molecular weight excluding hydrogens is 259 g/mol. The Morgan fingerprint density at radius 3 is 2.45 bits per heavy atom. The third-order valence-corrected chi connectivity index (χ3v) is 2.80. The molecule has 1 rings (SSSR count). The van der Waals surface area contributed by atoms with Gasteiger partial charge in [-0.25, -0.2) is 9.18 Å². The van der Waals surface area contributed by atoms with Gasteiger partial charge < -0.3 is 15.3 Å². The molecule has 1 atom stereocenters. The summed E-state index contributed by atoms with van der Waals surface area (Å²) in [5, 5.41) is 12.5. The van der Waals surface area contributed by atoms with Crippen LogP contribution in [0.1, 0.15) is 26.3 Å². The molecule has 1 aromatic carbocycles. The lowest BCUT2D eigenvalue weighted by molar-refractivity contribution is 0.0528. The van der Waals surface area contributed by atoms with Crippen molar-refractivity contribution in [3.63, 3.8) is 0 Å². The van der Waals surface area contributed by atoms with Crippen LogP contribution in [0.15, 0.2) is 24.3 Å². The number of amides is 2. The zero-order valence-corrected chi connectivity index (χ0v) is 12.5. The lowest BCUT2D eigenvalue weighted by Crippen LogP contribution is -2.47. The molecule has 0 bridgehead atoms. The molecule has 0 spiro atoms. The van der Waals surface area contributed by atoms with Crippen molar-refractivity contribution in [2.75, 3.05) is 13.6 Å². The summed E-state index contributed by atoms with van der Waals surface area (Å²) in [5.74, 6) is -0.268. The van der Waals surface area contributed by atoms with Crippen LogP contribution in [0.3, 0.4) is 0 Å². The van der Waals surface area contributed by atoms with Crippen LogP contribution in [-0.4, -0.2) is 41.3 Å². The lowest BCUT2D eigenvalue weighted by Gasteiger charge is -2.27. The number of nitrogens with zero attached hydrogens (tertiary/aromatic N) is 1. The summed E-state index contributed by atoms with van der Waals surface area (Å²) in [6.45, 7) is 5.44. The number of halogens is 1. The highest BCUT2D eigenvalue weighted by Gasteiger charge is 2.20. The van der Waals surface area contributed by atoms with E-state index in [1.165, 1.54) is 17.0 Å². The molecular formula is C15H23FN2O2. The minimum Gasteiger partial charge on any atom is -0.389 e. The van der Waals surface area contributed by atoms with Crippen molar-refractivity contribution in [2.45, 2.75) is 38.8 Å². The first-order chi connectivity index (χ1) is 9.17. The van der Waals surface area contributed by atoms with E-state index in [9.17, 15) is 14.3 Å². The van der Waals surface area contributed by atoms with Gasteiger partial charge in [0.05, 0.1) is 12.1 Å². The third-order valence-electron chi connectivity index (χ3n) is 2.80. The van der Waals surface area contributed by atoms with E-state index in [4.69, 9.17) is 0 Å². The number of aliphatic hydroxyl groups is 1. The van der Waals surface area contributed by atoms with Crippen LogP contribution in [0.5, 0.6) is 0 Å². The average Bonchev–Trinajstić information content (AvgIpc) is 2.29. The Labute approximate surface area is 119 Å². The second kappa shape index (κ2) is 6.70. The monoisotopic (exact) mass is 282 g/mol. The third kappa shape index (κ3) is 6.02. The maximum Gasteiger partial charge on any atom is 0.317 e. The first-order valence-electron chi connectivity index (χ1n) is 6.66. The number of likely N-dealkylation sites (N-methyl/N-ethyl adjacent to an activating group) is 1. The van der Waals surface area contributed by atoms with Crippen molar-refractivity contribution in [3.05, 3.63) is 35.6 Å². The van der Waals surface area contributed by atoms with Gasteiger partial charge in [-0.2, -0.15) is 0 Å². The zero-order valence-electron chi connectivity index (χ0n) is 12.5. The van der Waals surface area contributed by atoms with Crippen LogP contribution in [-0.2, 0) is 6.42 Å². The minimum absolute atomic E-state index is 0.0720. The van der Waals surface area contributed by atoms with Crippen LogP contribution < -0.4 is 5.32 Å². The largest absolute Gasteiger partial charge is 0.389 e. The number of urea groups is 1. The van der Waals surface area contributed by atoms with E-state index in [2.05, 4.69) is 5.32 Å². The fraction of sp³-hybridized carbons (Fsp3) is 0.533. The van der Waals surface area contributed by atoms with Crippen LogP contribution in [0.25, 0.3) is 0 Å². The Morgan fingerprint density at radius 2 is 1.95 bits per heavy atom. The van der Waals surface area contributed by atoms with Gasteiger partial charge in [0.2, 0.25) is 0 Å². The van der Waals surface area contributed by atoms with Gasteiger partial charge in [-0.1, -0.05) is 12.1 Å². The second-order valence-electron chi connectivity index (χ2n) is 5.85. The van der Waals surface area contributed by atoms with Crippen LogP contribution >= 0.6 is 0 Å². The molecule has 112 valence electrons. The molecule has 0 aliphatic rings. The van der Waals surface area contributed by atoms with Crippen molar-refractivity contribution in [1.82, 2.24) is 10.2 Å². The molecule has 2 amide bonds. The molecule has 1 unspecified atom stereocenters. The minimum atomic E-state index is -0.924. The van der Waals surface area contributed by atoms with E-state index in [-0.39, 0.29) is 24.4 Å². The van der Waals surface area contributed by atoms with Gasteiger partial charge in [-0.05, 0) is 44.9 Å². The van der Waals surface area contributed by atoms with Gasteiger partial charge >= 0.3 is 6.03 Å². The highest BCUT2D eigenvalue weighted by Crippen LogP contribution is 2.07. The quantitative estimate of drug-likeness (QED) is 0.869. The first-order valence-corrected chi connectivity index (χ1v) is 6.66. The summed E-state index contributed by atoms with van der Waals surface area (Å²) in [4.78, 5) is 13.4. The van der Waals surface area contributed by atoms with Gasteiger partial charge in [0.25, 0.3) is 0 Å². The molecule has 0 aliphatic carbocycles. The fourth-order valence-corrected chi connectivity index (χ4v) is 2.00. The highest BCUT2D eigenvalue weighted by atomic mass is 19.1. The van der Waals surface area contributed by atoms with Gasteiger partial charge in [0.15, 0.2) is 0 Å². The number of nitrogens with one attached hydrogen (secondary N) is 1. The SMILES string of the molecule is CC(Cc1ccc(F)cc1)NC(=O)N(C)CC(C)(C)O. The average molecular weight is 282 g/mol. The molecule has 0 radical (unpaired) electrons. The zero-order chi connectivity index (χ0) is 15.3. The molecule has 0 heterocycles. The van der Waals surface area contributed by atoms with Gasteiger partial charge in [0, 0.05) is 13.1 Å². The number of benzene rings is 1. The van der Waals surface area contributed by atoms with Crippen LogP contribution in [0.2, 0.25) is 0 Å². The van der Waals surface area contributed by atoms with Crippen molar-refractivity contribution < 1.29 is 14.3 Å². The van der Waals surface area contributed by atoms with Crippen LogP contribution in [0.4, 0.5) is 9.18 Å². The van der Waals surface area contributed by atoms with E-state index in [1.807, 2.05) is 6.92 Å². The van der Waals surface area contributed by atoms with Crippen molar-refractivity contribution >= 4 is 6.03 Å². The Hall–Kier alpha value is -1.62. The summed E-state index contributed by atoms with van der Waals surface area (Å²) in [5.41, 5.74) is 0.0380. The second-order valence-corrected chi connectivity index (χ2v) is 5.85. The highest BCUT2D eigenvalue weighted by molar-refractivity contribution is 5.74. The fourth-order valence-electron chi connectivity index (χ4n) is 2.00. The molecule has 0 fully saturated rings. The van der Waals surface area contributed by atoms with E-state index in [0.717, 1.165) is 5.56 Å². The van der Waals surface area contributed by atoms with E-state index in [1.54, 1.807) is 33.0 Å². The molecule has 2 N–H and O–H groups in total. The van der Waals surface area contributed by atoms with Gasteiger partial charge in [-0.15, -0.1) is 0 Å². The van der Waals surface area contributed by atoms with Gasteiger partial charge in [0.1, 0.15) is 5.82 Å². The van der Waals surface area contributed by atoms with Crippen molar-refractivity contribution in [1.29, 1.82) is 0 Å². The summed E-state index contributed by atoms with van der Waals surface area (Å²) in [6.07, 6.45) is 0.627. The molecule has 0 aromatic heterocycles. The standard InChI is InChI=1S/C15H23FN2O2/c1-11(9-12-5-7-13(16)8-6-12)17-14(19)18(4)10-15(2,3)20/h5-8,11,20H,9-10H2,1-4H3,(H,17,19). The van der Waals surface area contributed by atoms with Crippen molar-refractivity contribution in [3.8, 4) is 0 Å². The summed E-state index contributed by atoms with van der Waals surface area (Å²) >= 11 is 0. The number of rotatable bonds is 5. The maximum absolute atomic E-state index is 12.8. The van der Waals surface area contributed by atoms with Crippen molar-refractivity contribution in [2.24, 2.45) is 0 Å². The van der Waals surface area contributed by atoms with Crippen LogP contribution in [0, 0.1) is 5.82 Å². The summed E-state index contributed by atoms with van der Waals surface area (Å²) < 4.78 is 12.8. The molecule has 4 nitrogen and oxygen atoms in total. The topological polar surface area (TPSA) is 52.6 Å². The predicted molar refractivity (Wildman–Crippen MR) is 77.0 cm³/mol. The molecule has 0 aliphatic heterocycles. The molecule has 0 saturated heterocycles. The Kier molecular flexibility index (Phi) is 5.51. The Balaban J connectivity index is 2.47. The first kappa shape index (κ1) is 16.4. The summed E-state index contributed by atoms with van der Waals surface area (Å²) in [7, 11) is 1.64. The molecule has 1 aromatic rings. The van der Waals surface area contributed by atoms with E-state index >= 15 is 0 Å². The number of carbonyl (C=O) groups excluding carboxylic acids is 1. The summed E-state index contributed by atoms with van der Waals surface area (Å²) in [6, 6.07) is 5.92. The number of hydrogen-bond acceptors (Lipinski definition) is 2. The van der Waals surface area contributed by atoms with Gasteiger partial charge in [-0.3, -0.25) is 0 Å². The van der Waals surface area contributed by atoms with E-state index < -0.39 is 5.60 Å². The van der Waals surface area contributed by atoms with E-state index in [0.29, 0.717) is 6.42 Å². The Bertz CT molecular complexity index is 440. The lowest BCUT2D eigenvalue weighted by atomic mass is 10.1. The Morgan fingerprint density at radius 1 is 1.40 bits per heavy atom. The normalized spacial score (nSPS) is 12.9. The molecule has 20 heavy (non-hydrogen) atoms. The number of hydrogen-bond donors (Lipinski definition) is 2. The molecule has 5 heteroatoms. The number of carbonyl (C=O) groups is 1. The maximum atomic E-state index is 12.8. The predicted octanol–water partition coefficient (Wildman–Crippen LogP) is 2.17.